The van der Waals surface area contributed by atoms with Crippen LogP contribution in [0.2, 0.25) is 0 Å². The predicted molar refractivity (Wildman–Crippen MR) is 345 cm³/mol. The molecular weight excluding hydrogens is 1190 g/mol. The molecular formula is C70H101F2N5O15. The summed E-state index contributed by atoms with van der Waals surface area (Å²) in [5.41, 5.74) is -0.976. The van der Waals surface area contributed by atoms with E-state index in [1.807, 2.05) is 70.2 Å². The standard InChI is InChI=1S/C70H101F2N5O15/c1-45(2)38-55(73(14)61(79)58(91-64(82)54(68(7,8)9)42-69(10,11)71)40-49-22-26-52(27-23-49)76-30-34-86-35-31-76)65(83)89-47(5)60(78)75(16)57(43-70(12,13)72)67(85)92-59(41-50-24-28-53(29-25-50)77-32-36-87-37-33-77)62(80)74(15)56(39-46(3)4)66(84)90-48(6)63(81)88-44-51-20-18-17-19-21-51/h17-29,45-48,54-59H,30-44H2,1-16H3/t47-,48-,54+,55+,56+,57+,58-,59-/m1/s1. The van der Waals surface area contributed by atoms with E-state index < -0.39 is 119 Å². The molecule has 3 aromatic carbocycles. The van der Waals surface area contributed by atoms with E-state index >= 15 is 13.6 Å². The van der Waals surface area contributed by atoms with Crippen molar-refractivity contribution in [2.45, 2.75) is 189 Å². The summed E-state index contributed by atoms with van der Waals surface area (Å²) >= 11 is 0. The molecule has 8 atom stereocenters. The van der Waals surface area contributed by atoms with Crippen molar-refractivity contribution in [3.63, 3.8) is 0 Å². The van der Waals surface area contributed by atoms with E-state index in [4.69, 9.17) is 33.2 Å². The van der Waals surface area contributed by atoms with Crippen LogP contribution < -0.4 is 9.80 Å². The number of morpholine rings is 2. The van der Waals surface area contributed by atoms with Crippen LogP contribution in [-0.4, -0.2) is 190 Å². The Kier molecular flexibility index (Phi) is 28.0. The van der Waals surface area contributed by atoms with Gasteiger partial charge in [0.1, 0.15) is 36.1 Å². The van der Waals surface area contributed by atoms with E-state index in [-0.39, 0.29) is 50.5 Å². The summed E-state index contributed by atoms with van der Waals surface area (Å²) in [6.07, 6.45) is -7.31. The van der Waals surface area contributed by atoms with Crippen molar-refractivity contribution >= 4 is 58.9 Å². The molecule has 3 aromatic rings. The number of hydrogen-bond donors (Lipinski definition) is 0. The minimum atomic E-state index is -2.14. The van der Waals surface area contributed by atoms with Gasteiger partial charge in [0.05, 0.1) is 32.3 Å². The molecule has 5 rings (SSSR count). The van der Waals surface area contributed by atoms with Crippen LogP contribution in [-0.2, 0) is 91.0 Å². The van der Waals surface area contributed by atoms with Crippen molar-refractivity contribution in [1.29, 1.82) is 0 Å². The number of nitrogens with zero attached hydrogens (tertiary/aromatic N) is 5. The number of anilines is 2. The Morgan fingerprint density at radius 1 is 0.467 bits per heavy atom. The highest BCUT2D eigenvalue weighted by Gasteiger charge is 2.44. The SMILES string of the molecule is CC(C)C[C@@H](C(=O)O[C@H](C)C(=O)OCc1ccccc1)N(C)C(=O)[C@@H](Cc1ccc(N2CCOCC2)cc1)OC(=O)[C@H](CC(C)(C)F)N(C)C(=O)[C@@H](C)OC(=O)[C@H](CC(C)C)N(C)C(=O)[C@@H](Cc1ccc(N2CCOCC2)cc1)OC(=O)[C@H](CC(C)(C)F)C(C)(C)C. The summed E-state index contributed by atoms with van der Waals surface area (Å²) in [6, 6.07) is 19.2. The fourth-order valence-corrected chi connectivity index (χ4v) is 11.0. The number of hydrogen-bond acceptors (Lipinski definition) is 17. The van der Waals surface area contributed by atoms with Crippen LogP contribution >= 0.6 is 0 Å². The maximum Gasteiger partial charge on any atom is 0.347 e. The topological polar surface area (TPSA) is 217 Å². The highest BCUT2D eigenvalue weighted by molar-refractivity contribution is 5.93. The average molecular weight is 1290 g/mol. The molecule has 22 heteroatoms. The lowest BCUT2D eigenvalue weighted by Crippen LogP contribution is -2.54. The van der Waals surface area contributed by atoms with E-state index in [0.717, 1.165) is 26.1 Å². The van der Waals surface area contributed by atoms with Gasteiger partial charge in [-0.2, -0.15) is 0 Å². The minimum absolute atomic E-state index is 0.0221. The van der Waals surface area contributed by atoms with Gasteiger partial charge in [0.25, 0.3) is 17.7 Å². The average Bonchev–Trinajstić information content (AvgIpc) is 1.03. The quantitative estimate of drug-likeness (QED) is 0.0433. The zero-order chi connectivity index (χ0) is 68.4. The van der Waals surface area contributed by atoms with Gasteiger partial charge < -0.3 is 57.7 Å². The predicted octanol–water partition coefficient (Wildman–Crippen LogP) is 9.09. The molecule has 0 aromatic heterocycles. The number of carbonyl (C=O) groups is 8. The Balaban J connectivity index is 1.42. The Morgan fingerprint density at radius 3 is 1.24 bits per heavy atom. The first-order valence-corrected chi connectivity index (χ1v) is 32.1. The molecule has 0 bridgehead atoms. The second-order valence-corrected chi connectivity index (χ2v) is 27.5. The molecule has 92 heavy (non-hydrogen) atoms. The van der Waals surface area contributed by atoms with Gasteiger partial charge >= 0.3 is 29.8 Å². The van der Waals surface area contributed by atoms with E-state index in [2.05, 4.69) is 9.80 Å². The number of carbonyl (C=O) groups excluding carboxylic acids is 8. The van der Waals surface area contributed by atoms with Gasteiger partial charge in [-0.1, -0.05) is 103 Å². The molecule has 2 heterocycles. The zero-order valence-corrected chi connectivity index (χ0v) is 57.0. The van der Waals surface area contributed by atoms with Crippen LogP contribution in [0, 0.1) is 23.2 Å². The Hall–Kier alpha value is -7.20. The molecule has 0 spiro atoms. The van der Waals surface area contributed by atoms with E-state index in [0.29, 0.717) is 69.3 Å². The third-order valence-electron chi connectivity index (χ3n) is 16.4. The van der Waals surface area contributed by atoms with Crippen molar-refractivity contribution in [3.8, 4) is 0 Å². The fraction of sp³-hybridized carbons (Fsp3) is 0.629. The molecule has 2 fully saturated rings. The van der Waals surface area contributed by atoms with Crippen LogP contribution in [0.4, 0.5) is 20.2 Å². The van der Waals surface area contributed by atoms with Crippen molar-refractivity contribution in [1.82, 2.24) is 14.7 Å². The molecule has 0 saturated carbocycles. The smallest absolute Gasteiger partial charge is 0.347 e. The molecule has 0 N–H and O–H groups in total. The molecule has 0 aliphatic carbocycles. The molecule has 0 radical (unpaired) electrons. The number of alkyl halides is 2. The summed E-state index contributed by atoms with van der Waals surface area (Å²) in [6.45, 7) is 25.2. The Labute approximate surface area is 543 Å². The second kappa shape index (κ2) is 34.1. The summed E-state index contributed by atoms with van der Waals surface area (Å²) in [7, 11) is 3.92. The number of ether oxygens (including phenoxy) is 7. The molecule has 2 aliphatic rings. The molecule has 2 aliphatic heterocycles. The lowest BCUT2D eigenvalue weighted by molar-refractivity contribution is -0.176. The van der Waals surface area contributed by atoms with Gasteiger partial charge in [-0.25, -0.2) is 28.0 Å². The van der Waals surface area contributed by atoms with Crippen molar-refractivity contribution in [3.05, 3.63) is 95.6 Å². The van der Waals surface area contributed by atoms with Gasteiger partial charge in [-0.15, -0.1) is 0 Å². The second-order valence-electron chi connectivity index (χ2n) is 27.5. The largest absolute Gasteiger partial charge is 0.458 e. The first-order chi connectivity index (χ1) is 43.0. The third kappa shape index (κ3) is 23.4. The lowest BCUT2D eigenvalue weighted by atomic mass is 9.75. The number of rotatable bonds is 31. The summed E-state index contributed by atoms with van der Waals surface area (Å²) < 4.78 is 71.6. The minimum Gasteiger partial charge on any atom is -0.458 e. The Bertz CT molecular complexity index is 2900. The molecule has 3 amide bonds. The zero-order valence-electron chi connectivity index (χ0n) is 57.0. The molecule has 2 saturated heterocycles. The van der Waals surface area contributed by atoms with E-state index in [9.17, 15) is 33.6 Å². The number of esters is 5. The lowest BCUT2D eigenvalue weighted by Gasteiger charge is -2.35. The number of amides is 3. The molecule has 0 unspecified atom stereocenters. The van der Waals surface area contributed by atoms with Crippen molar-refractivity contribution in [2.24, 2.45) is 23.2 Å². The summed E-state index contributed by atoms with van der Waals surface area (Å²) in [5, 5.41) is 0. The van der Waals surface area contributed by atoms with Crippen LogP contribution in [0.15, 0.2) is 78.9 Å². The third-order valence-corrected chi connectivity index (χ3v) is 16.4. The summed E-state index contributed by atoms with van der Waals surface area (Å²) in [5.74, 6) is -8.73. The number of likely N-dealkylation sites (N-methyl/N-ethyl adjacent to an activating group) is 3. The highest BCUT2D eigenvalue weighted by atomic mass is 19.1. The van der Waals surface area contributed by atoms with Gasteiger partial charge in [0.15, 0.2) is 24.4 Å². The van der Waals surface area contributed by atoms with Gasteiger partial charge in [0, 0.05) is 78.0 Å². The first kappa shape index (κ1) is 75.5. The van der Waals surface area contributed by atoms with Gasteiger partial charge in [0.2, 0.25) is 0 Å². The van der Waals surface area contributed by atoms with E-state index in [1.54, 1.807) is 57.2 Å². The van der Waals surface area contributed by atoms with Crippen molar-refractivity contribution in [2.75, 3.05) is 83.5 Å². The van der Waals surface area contributed by atoms with Gasteiger partial charge in [-0.3, -0.25) is 19.2 Å². The molecule has 20 nitrogen and oxygen atoms in total. The van der Waals surface area contributed by atoms with Crippen LogP contribution in [0.25, 0.3) is 0 Å². The molecule has 510 valence electrons. The maximum atomic E-state index is 16.1. The maximum absolute atomic E-state index is 16.1. The summed E-state index contributed by atoms with van der Waals surface area (Å²) in [4.78, 5) is 123. The monoisotopic (exact) mass is 1290 g/mol. The highest BCUT2D eigenvalue weighted by Crippen LogP contribution is 2.36. The van der Waals surface area contributed by atoms with Gasteiger partial charge in [-0.05, 0) is 119 Å². The Morgan fingerprint density at radius 2 is 0.848 bits per heavy atom. The van der Waals surface area contributed by atoms with Crippen molar-refractivity contribution < 1.29 is 80.3 Å². The van der Waals surface area contributed by atoms with Crippen LogP contribution in [0.3, 0.4) is 0 Å². The van der Waals surface area contributed by atoms with E-state index in [1.165, 1.54) is 62.7 Å². The van der Waals surface area contributed by atoms with Crippen LogP contribution in [0.5, 0.6) is 0 Å². The fourth-order valence-electron chi connectivity index (χ4n) is 11.0. The number of halogens is 2. The van der Waals surface area contributed by atoms with Crippen LogP contribution in [0.1, 0.15) is 132 Å². The normalized spacial score (nSPS) is 16.6. The number of benzene rings is 3. The first-order valence-electron chi connectivity index (χ1n) is 32.1.